The molecule has 4 N–H and O–H groups in total. The summed E-state index contributed by atoms with van der Waals surface area (Å²) in [7, 11) is -11.7. The molecule has 0 spiro atoms. The first-order valence-electron chi connectivity index (χ1n) is 49.3. The number of terminal acetylenes is 2. The largest absolute Gasteiger partial charge is 0.493 e. The molecule has 0 bridgehead atoms. The minimum atomic E-state index is -3.27. The molecule has 4 atom stereocenters. The van der Waals surface area contributed by atoms with Gasteiger partial charge in [-0.2, -0.15) is 0 Å². The van der Waals surface area contributed by atoms with E-state index in [9.17, 15) is 35.1 Å². The molecule has 8 aliphatic heterocycles. The smallest absolute Gasteiger partial charge is 0.296 e. The Hall–Kier alpha value is -13.0. The van der Waals surface area contributed by atoms with Gasteiger partial charge in [0, 0.05) is 97.7 Å². The standard InChI is InChI=1S/2C25H22F4N4O3.2C23H21ClF4N4O3/c2*1-3-15-17(26)4-5-18(23(15)27)32-24-16-8-21(20(34-2)9-19(16)30-13-31-24)36-22-6-7-33(12-25(22,28)29)14-10-35-11-14;2*1-33-17-7-16-13(22(30-11-29-16)31-15-3-2-14(25)20(24)21(15)26)6-18(17)35-19-4-5-32(10-23(19,27)28)12-8-34-9-12/h2*1,4-5,8-9,13-14,22H,6-7,10-12H2,2H3,(H,30,31,32);2*2-3,6-7,11-12,19H,4-5,8-10H2,1H3,(H,29,30,31)/t2*22-;2*19-/m1010/s1/i2*2D3;2*1D3. The quantitative estimate of drug-likeness (QED) is 0.0249. The van der Waals surface area contributed by atoms with E-state index in [1.165, 1.54) is 48.5 Å². The summed E-state index contributed by atoms with van der Waals surface area (Å²) >= 11 is 11.3. The second-order valence-corrected chi connectivity index (χ2v) is 34.4. The van der Waals surface area contributed by atoms with E-state index < -0.39 is 170 Å². The Bertz CT molecular complexity index is 6890. The lowest BCUT2D eigenvalue weighted by atomic mass is 10.0. The maximum absolute atomic E-state index is 15.1. The van der Waals surface area contributed by atoms with Crippen LogP contribution in [0.25, 0.3) is 43.6 Å². The molecule has 748 valence electrons. The minimum Gasteiger partial charge on any atom is -0.493 e. The molecule has 46 heteroatoms. The molecule has 4 aromatic heterocycles. The van der Waals surface area contributed by atoms with Crippen molar-refractivity contribution < 1.29 is 144 Å². The number of ether oxygens (including phenoxy) is 12. The fourth-order valence-electron chi connectivity index (χ4n) is 16.6. The van der Waals surface area contributed by atoms with Crippen molar-refractivity contribution in [3.63, 3.8) is 0 Å². The molecule has 28 nitrogen and oxygen atoms in total. The number of rotatable bonds is 24. The summed E-state index contributed by atoms with van der Waals surface area (Å²) in [6.45, 7) is 2.22. The number of nitrogens with zero attached hydrogens (tertiary/aromatic N) is 12. The number of nitrogens with one attached hydrogen (secondary N) is 4. The Morgan fingerprint density at radius 3 is 0.782 bits per heavy atom. The summed E-state index contributed by atoms with van der Waals surface area (Å²) < 4.78 is 388. The molecule has 142 heavy (non-hydrogen) atoms. The van der Waals surface area contributed by atoms with Crippen molar-refractivity contribution in [2.75, 3.05) is 155 Å². The highest BCUT2D eigenvalue weighted by Crippen LogP contribution is 2.47. The maximum atomic E-state index is 15.1. The van der Waals surface area contributed by atoms with Crippen molar-refractivity contribution >= 4 is 113 Å². The van der Waals surface area contributed by atoms with Gasteiger partial charge in [-0.1, -0.05) is 35.0 Å². The third-order valence-corrected chi connectivity index (χ3v) is 25.4. The lowest BCUT2D eigenvalue weighted by Crippen LogP contribution is -2.60. The van der Waals surface area contributed by atoms with Gasteiger partial charge in [-0.3, -0.25) is 19.6 Å². The average Bonchev–Trinajstić information content (AvgIpc) is 0.775. The van der Waals surface area contributed by atoms with Gasteiger partial charge in [-0.25, -0.2) is 110 Å². The third kappa shape index (κ3) is 21.4. The number of fused-ring (bicyclic) bond motifs is 4. The molecule has 8 fully saturated rings. The molecule has 0 radical (unpaired) electrons. The van der Waals surface area contributed by atoms with Crippen LogP contribution in [0.5, 0.6) is 46.0 Å². The van der Waals surface area contributed by atoms with Gasteiger partial charge in [-0.15, -0.1) is 12.8 Å². The number of halogens is 18. The Labute approximate surface area is 826 Å². The van der Waals surface area contributed by atoms with E-state index in [2.05, 4.69) is 61.1 Å². The molecule has 0 amide bonds. The number of alkyl halides is 8. The van der Waals surface area contributed by atoms with Crippen LogP contribution in [0.15, 0.2) is 122 Å². The van der Waals surface area contributed by atoms with Crippen molar-refractivity contribution in [1.29, 1.82) is 0 Å². The first-order valence-corrected chi connectivity index (χ1v) is 44.1. The fourth-order valence-corrected chi connectivity index (χ4v) is 16.9. The minimum absolute atomic E-state index is 0.00493. The first-order chi connectivity index (χ1) is 72.7. The van der Waals surface area contributed by atoms with Crippen molar-refractivity contribution in [1.82, 2.24) is 59.5 Å². The number of hydrogen-bond acceptors (Lipinski definition) is 28. The van der Waals surface area contributed by atoms with Crippen LogP contribution in [-0.2, 0) is 18.9 Å². The third-order valence-electron chi connectivity index (χ3n) is 24.7. The number of anilines is 8. The van der Waals surface area contributed by atoms with Gasteiger partial charge in [0.25, 0.3) is 23.7 Å². The average molecular weight is 2040 g/mol. The summed E-state index contributed by atoms with van der Waals surface area (Å²) in [6, 6.07) is 17.8. The van der Waals surface area contributed by atoms with Gasteiger partial charge >= 0.3 is 0 Å². The van der Waals surface area contributed by atoms with E-state index in [0.717, 1.165) is 73.8 Å². The van der Waals surface area contributed by atoms with E-state index >= 15 is 35.1 Å². The van der Waals surface area contributed by atoms with E-state index in [1.807, 2.05) is 11.8 Å². The predicted molar refractivity (Wildman–Crippen MR) is 489 cm³/mol. The van der Waals surface area contributed by atoms with Crippen LogP contribution in [-0.4, -0.2) is 265 Å². The fraction of sp³-hybridized carbons (Fsp3) is 0.375. The number of benzene rings is 8. The van der Waals surface area contributed by atoms with Gasteiger partial charge in [-0.05, 0) is 72.8 Å². The van der Waals surface area contributed by atoms with Crippen molar-refractivity contribution in [2.24, 2.45) is 0 Å². The van der Waals surface area contributed by atoms with Crippen LogP contribution in [0.3, 0.4) is 0 Å². The number of hydrogen-bond donors (Lipinski definition) is 4. The summed E-state index contributed by atoms with van der Waals surface area (Å²) in [5.74, 6) is -19.6. The van der Waals surface area contributed by atoms with Crippen LogP contribution in [0.2, 0.25) is 10.0 Å². The molecule has 0 aliphatic carbocycles. The monoisotopic (exact) mass is 2040 g/mol. The zero-order chi connectivity index (χ0) is 110. The lowest BCUT2D eigenvalue weighted by molar-refractivity contribution is -0.170. The Kier molecular flexibility index (Phi) is 25.5. The van der Waals surface area contributed by atoms with Gasteiger partial charge in [0.05, 0.1) is 204 Å². The Balaban J connectivity index is 0.000000139. The zero-order valence-corrected chi connectivity index (χ0v) is 75.0. The summed E-state index contributed by atoms with van der Waals surface area (Å²) in [5, 5.41) is 9.99. The SMILES string of the molecule is [2H]C([2H])([2H])Oc1cc2ncnc(Nc3ccc(F)c(C#C)c3F)c2cc1O[C@@H]1CCN(C2COC2)CC1(F)F.[2H]C([2H])([2H])Oc1cc2ncnc(Nc3ccc(F)c(C#C)c3F)c2cc1O[C@H]1CCN(C2COC2)CC1(F)F.[2H]C([2H])([2H])Oc1cc2ncnc(Nc3ccc(F)c(Cl)c3F)c2cc1O[C@@H]1CCN(C2COC2)CC1(F)F.[2H]C([2H])([2H])Oc1cc2ncnc(Nc3ccc(F)c(Cl)c3F)c2cc1O[C@H]1CCN(C2COC2)CC1(F)F. The van der Waals surface area contributed by atoms with E-state index in [-0.39, 0.29) is 185 Å². The number of likely N-dealkylation sites (tertiary alicyclic amines) is 4. The first kappa shape index (κ1) is 85.7. The molecular formula is C96H86Cl2F16N16O12. The Morgan fingerprint density at radius 2 is 0.570 bits per heavy atom. The molecule has 20 rings (SSSR count). The van der Waals surface area contributed by atoms with E-state index in [1.54, 1.807) is 19.6 Å². The normalized spacial score (nSPS) is 21.8. The van der Waals surface area contributed by atoms with Crippen molar-refractivity contribution in [2.45, 2.75) is 98.0 Å². The number of methoxy groups -OCH3 is 4. The van der Waals surface area contributed by atoms with Crippen LogP contribution in [0.1, 0.15) is 53.3 Å². The van der Waals surface area contributed by atoms with Gasteiger partial charge < -0.3 is 78.1 Å². The molecule has 0 unspecified atom stereocenters. The predicted octanol–water partition coefficient (Wildman–Crippen LogP) is 17.9. The van der Waals surface area contributed by atoms with Crippen molar-refractivity contribution in [3.8, 4) is 70.7 Å². The maximum Gasteiger partial charge on any atom is 0.296 e. The number of aromatic nitrogens is 8. The molecule has 12 heterocycles. The van der Waals surface area contributed by atoms with Crippen LogP contribution >= 0.6 is 23.2 Å². The molecule has 8 aromatic carbocycles. The van der Waals surface area contributed by atoms with Crippen LogP contribution < -0.4 is 59.2 Å². The van der Waals surface area contributed by atoms with E-state index in [4.69, 9.17) is 109 Å². The second-order valence-electron chi connectivity index (χ2n) is 33.6. The highest BCUT2D eigenvalue weighted by Gasteiger charge is 2.53. The molecule has 12 aromatic rings. The second kappa shape index (κ2) is 42.3. The topological polar surface area (TPSA) is 275 Å². The van der Waals surface area contributed by atoms with Gasteiger partial charge in [0.2, 0.25) is 0 Å². The summed E-state index contributed by atoms with van der Waals surface area (Å²) in [6.07, 6.45) is 8.39. The number of piperidine rings is 4. The van der Waals surface area contributed by atoms with Gasteiger partial charge in [0.1, 0.15) is 81.9 Å². The zero-order valence-electron chi connectivity index (χ0n) is 85.5. The highest BCUT2D eigenvalue weighted by atomic mass is 35.5. The van der Waals surface area contributed by atoms with Crippen molar-refractivity contribution in [3.05, 3.63) is 190 Å². The molecule has 8 saturated heterocycles. The highest BCUT2D eigenvalue weighted by molar-refractivity contribution is 6.31. The van der Waals surface area contributed by atoms with Gasteiger partial charge in [0.15, 0.2) is 93.7 Å². The molecular weight excluding hydrogens is 1940 g/mol. The summed E-state index contributed by atoms with van der Waals surface area (Å²) in [4.78, 5) is 39.2. The lowest BCUT2D eigenvalue weighted by Gasteiger charge is -2.44. The van der Waals surface area contributed by atoms with Crippen LogP contribution in [0, 0.1) is 71.2 Å². The Morgan fingerprint density at radius 1 is 0.338 bits per heavy atom. The molecule has 0 saturated carbocycles. The summed E-state index contributed by atoms with van der Waals surface area (Å²) in [5.41, 5.74) is -1.40. The molecule has 8 aliphatic rings. The van der Waals surface area contributed by atoms with E-state index in [0.29, 0.717) is 79.0 Å². The van der Waals surface area contributed by atoms with Crippen LogP contribution in [0.4, 0.5) is 116 Å².